The number of phosphoric ester groups is 1. The zero-order valence-electron chi connectivity index (χ0n) is 42.5. The highest BCUT2D eigenvalue weighted by Gasteiger charge is 2.28. The smallest absolute Gasteiger partial charge is 0.472 e. The SMILES string of the molecule is CCCCCc1cc(C)c(CCCCCCCCCCCCC(=O)OC(COC(=O)CCCCCCCCCCCCc2oc(CCCCC)c(C)c2C)COP(=O)(O)OCC(N)C(=O)O)o1. The van der Waals surface area contributed by atoms with Crippen molar-refractivity contribution in [2.24, 2.45) is 5.73 Å². The maximum atomic E-state index is 12.8. The largest absolute Gasteiger partial charge is 0.480 e. The van der Waals surface area contributed by atoms with E-state index >= 15 is 0 Å². The second-order valence-electron chi connectivity index (χ2n) is 18.8. The van der Waals surface area contributed by atoms with Crippen LogP contribution in [0.5, 0.6) is 0 Å². The maximum absolute atomic E-state index is 12.8. The van der Waals surface area contributed by atoms with Crippen molar-refractivity contribution in [1.29, 1.82) is 0 Å². The molecule has 2 aromatic rings. The van der Waals surface area contributed by atoms with Crippen molar-refractivity contribution in [2.45, 2.75) is 252 Å². The fourth-order valence-corrected chi connectivity index (χ4v) is 9.04. The lowest BCUT2D eigenvalue weighted by molar-refractivity contribution is -0.161. The van der Waals surface area contributed by atoms with Gasteiger partial charge in [-0.1, -0.05) is 142 Å². The van der Waals surface area contributed by atoms with Crippen LogP contribution in [0.2, 0.25) is 0 Å². The van der Waals surface area contributed by atoms with E-state index in [4.69, 9.17) is 38.2 Å². The zero-order chi connectivity index (χ0) is 49.1. The van der Waals surface area contributed by atoms with Crippen LogP contribution in [-0.2, 0) is 63.2 Å². The first-order valence-electron chi connectivity index (χ1n) is 26.4. The standard InChI is InChI=1S/C53H92NO12P/c1-6-8-26-32-45-38-42(3)48(64-45)33-28-22-18-14-10-13-17-21-25-31-37-52(56)65-46(40-62-67(59,60)63-41-47(54)53(57)58)39-61-51(55)36-30-24-20-16-12-11-15-19-23-29-35-50-44(5)43(4)49(66-50)34-27-9-7-2/h38,46-47H,6-37,39-41,54H2,1-5H3,(H,57,58)(H,59,60). The molecule has 0 spiro atoms. The molecular formula is C53H92NO12P. The number of phosphoric acid groups is 1. The second kappa shape index (κ2) is 36.9. The minimum Gasteiger partial charge on any atom is -0.480 e. The molecule has 2 rings (SSSR count). The van der Waals surface area contributed by atoms with E-state index in [2.05, 4.69) is 40.7 Å². The number of carboxylic acids is 1. The van der Waals surface area contributed by atoms with Gasteiger partial charge in [-0.15, -0.1) is 0 Å². The minimum absolute atomic E-state index is 0.145. The number of unbranched alkanes of at least 4 members (excludes halogenated alkanes) is 22. The van der Waals surface area contributed by atoms with E-state index in [1.807, 2.05) is 0 Å². The summed E-state index contributed by atoms with van der Waals surface area (Å²) in [6, 6.07) is 0.680. The molecule has 14 heteroatoms. The zero-order valence-corrected chi connectivity index (χ0v) is 43.4. The van der Waals surface area contributed by atoms with Crippen LogP contribution in [0.1, 0.15) is 233 Å². The molecule has 2 heterocycles. The van der Waals surface area contributed by atoms with Crippen molar-refractivity contribution in [3.8, 4) is 0 Å². The van der Waals surface area contributed by atoms with Gasteiger partial charge in [0.05, 0.1) is 13.2 Å². The van der Waals surface area contributed by atoms with Gasteiger partial charge in [0.1, 0.15) is 35.7 Å². The summed E-state index contributed by atoms with van der Waals surface area (Å²) in [5.41, 5.74) is 9.31. The number of aliphatic carboxylic acids is 1. The molecule has 0 aliphatic carbocycles. The Bertz CT molecular complexity index is 1670. The molecule has 67 heavy (non-hydrogen) atoms. The number of furan rings is 2. The Morgan fingerprint density at radius 1 is 0.567 bits per heavy atom. The molecular weight excluding hydrogens is 874 g/mol. The molecule has 4 N–H and O–H groups in total. The fraction of sp³-hybridized carbons (Fsp3) is 0.792. The third-order valence-corrected chi connectivity index (χ3v) is 13.7. The van der Waals surface area contributed by atoms with Gasteiger partial charge < -0.3 is 34.0 Å². The van der Waals surface area contributed by atoms with Gasteiger partial charge >= 0.3 is 25.7 Å². The number of hydrogen-bond acceptors (Lipinski definition) is 11. The summed E-state index contributed by atoms with van der Waals surface area (Å²) in [6.07, 6.45) is 32.3. The van der Waals surface area contributed by atoms with Crippen molar-refractivity contribution in [3.63, 3.8) is 0 Å². The average molecular weight is 966 g/mol. The van der Waals surface area contributed by atoms with E-state index in [0.717, 1.165) is 95.0 Å². The molecule has 2 aromatic heterocycles. The van der Waals surface area contributed by atoms with Crippen molar-refractivity contribution < 1.29 is 56.3 Å². The molecule has 3 unspecified atom stereocenters. The summed E-state index contributed by atoms with van der Waals surface area (Å²) in [5, 5.41) is 8.95. The molecule has 0 aromatic carbocycles. The molecule has 0 aliphatic heterocycles. The van der Waals surface area contributed by atoms with E-state index in [1.165, 1.54) is 125 Å². The first-order chi connectivity index (χ1) is 32.3. The highest BCUT2D eigenvalue weighted by molar-refractivity contribution is 7.47. The first kappa shape index (κ1) is 60.2. The van der Waals surface area contributed by atoms with E-state index < -0.39 is 51.1 Å². The summed E-state index contributed by atoms with van der Waals surface area (Å²) in [4.78, 5) is 46.4. The quantitative estimate of drug-likeness (QED) is 0.0322. The average Bonchev–Trinajstić information content (AvgIpc) is 3.79. The maximum Gasteiger partial charge on any atom is 0.472 e. The molecule has 0 amide bonds. The van der Waals surface area contributed by atoms with Crippen LogP contribution in [0.15, 0.2) is 14.9 Å². The molecule has 0 radical (unpaired) electrons. The second-order valence-corrected chi connectivity index (χ2v) is 20.3. The lowest BCUT2D eigenvalue weighted by Crippen LogP contribution is -2.34. The Morgan fingerprint density at radius 2 is 0.985 bits per heavy atom. The normalized spacial score (nSPS) is 13.4. The van der Waals surface area contributed by atoms with Crippen LogP contribution >= 0.6 is 7.82 Å². The summed E-state index contributed by atoms with van der Waals surface area (Å²) in [7, 11) is -4.74. The molecule has 3 atom stereocenters. The summed E-state index contributed by atoms with van der Waals surface area (Å²) >= 11 is 0. The van der Waals surface area contributed by atoms with Crippen LogP contribution in [0, 0.1) is 20.8 Å². The number of nitrogens with two attached hydrogens (primary N) is 1. The third-order valence-electron chi connectivity index (χ3n) is 12.7. The molecule has 0 bridgehead atoms. The highest BCUT2D eigenvalue weighted by Crippen LogP contribution is 2.43. The predicted octanol–water partition coefficient (Wildman–Crippen LogP) is 13.6. The number of aryl methyl sites for hydroxylation is 5. The fourth-order valence-electron chi connectivity index (χ4n) is 8.26. The number of carbonyl (C=O) groups is 3. The minimum atomic E-state index is -4.74. The third kappa shape index (κ3) is 29.0. The summed E-state index contributed by atoms with van der Waals surface area (Å²) in [6.45, 7) is 9.26. The van der Waals surface area contributed by atoms with Crippen LogP contribution < -0.4 is 5.73 Å². The molecule has 0 saturated heterocycles. The van der Waals surface area contributed by atoms with Gasteiger partial charge in [-0.2, -0.15) is 0 Å². The van der Waals surface area contributed by atoms with E-state index in [-0.39, 0.29) is 19.4 Å². The van der Waals surface area contributed by atoms with E-state index in [9.17, 15) is 23.8 Å². The molecule has 13 nitrogen and oxygen atoms in total. The summed E-state index contributed by atoms with van der Waals surface area (Å²) in [5.74, 6) is 2.23. The molecule has 0 fully saturated rings. The Labute approximate surface area is 404 Å². The van der Waals surface area contributed by atoms with Crippen LogP contribution in [-0.4, -0.2) is 59.9 Å². The van der Waals surface area contributed by atoms with Crippen molar-refractivity contribution in [3.05, 3.63) is 45.8 Å². The van der Waals surface area contributed by atoms with Crippen LogP contribution in [0.25, 0.3) is 0 Å². The Balaban J connectivity index is 1.58. The number of esters is 2. The van der Waals surface area contributed by atoms with Crippen molar-refractivity contribution in [2.75, 3.05) is 19.8 Å². The molecule has 0 aliphatic rings. The number of ether oxygens (including phenoxy) is 2. The highest BCUT2D eigenvalue weighted by atomic mass is 31.2. The van der Waals surface area contributed by atoms with Crippen LogP contribution in [0.3, 0.4) is 0 Å². The number of hydrogen-bond donors (Lipinski definition) is 3. The Morgan fingerprint density at radius 3 is 1.48 bits per heavy atom. The van der Waals surface area contributed by atoms with Crippen molar-refractivity contribution >= 4 is 25.7 Å². The predicted molar refractivity (Wildman–Crippen MR) is 265 cm³/mol. The Kier molecular flexibility index (Phi) is 33.2. The van der Waals surface area contributed by atoms with Gasteiger partial charge in [-0.3, -0.25) is 23.4 Å². The molecule has 386 valence electrons. The monoisotopic (exact) mass is 966 g/mol. The Hall–Kier alpha value is -2.96. The number of carboxylic acid groups (broad SMARTS) is 1. The number of carbonyl (C=O) groups excluding carboxylic acids is 2. The van der Waals surface area contributed by atoms with Gasteiger partial charge in [0, 0.05) is 38.5 Å². The van der Waals surface area contributed by atoms with Crippen molar-refractivity contribution in [1.82, 2.24) is 0 Å². The van der Waals surface area contributed by atoms with Gasteiger partial charge in [0.2, 0.25) is 0 Å². The van der Waals surface area contributed by atoms with E-state index in [0.29, 0.717) is 12.8 Å². The topological polar surface area (TPSA) is 198 Å². The number of rotatable bonds is 44. The van der Waals surface area contributed by atoms with Gasteiger partial charge in [0.15, 0.2) is 6.10 Å². The first-order valence-corrected chi connectivity index (χ1v) is 27.9. The van der Waals surface area contributed by atoms with Crippen LogP contribution in [0.4, 0.5) is 0 Å². The molecule has 0 saturated carbocycles. The van der Waals surface area contributed by atoms with Gasteiger partial charge in [0.25, 0.3) is 0 Å². The van der Waals surface area contributed by atoms with Gasteiger partial charge in [-0.25, -0.2) is 4.57 Å². The lowest BCUT2D eigenvalue weighted by atomic mass is 10.0. The van der Waals surface area contributed by atoms with E-state index in [1.54, 1.807) is 0 Å². The van der Waals surface area contributed by atoms with Gasteiger partial charge in [-0.05, 0) is 82.1 Å². The summed E-state index contributed by atoms with van der Waals surface area (Å²) < 4.78 is 45.3. The lowest BCUT2D eigenvalue weighted by Gasteiger charge is -2.20.